The molecule has 1 saturated heterocycles. The summed E-state index contributed by atoms with van der Waals surface area (Å²) in [5.41, 5.74) is 5.32. The van der Waals surface area contributed by atoms with E-state index >= 15 is 0 Å². The fourth-order valence-electron chi connectivity index (χ4n) is 2.09. The standard InChI is InChI=1S/C12H14FN3O3.ClH/c13-9-5-8(6-11(7-9)16(18)19)12(17)15-3-1-10(14)2-4-15;/h5-7,10H,1-4,14H2;1H. The first-order valence-electron chi connectivity index (χ1n) is 5.97. The number of non-ortho nitro benzene ring substituents is 1. The predicted octanol–water partition coefficient (Wildman–Crippen LogP) is 1.72. The van der Waals surface area contributed by atoms with Gasteiger partial charge in [0.15, 0.2) is 0 Å². The first-order chi connectivity index (χ1) is 8.97. The summed E-state index contributed by atoms with van der Waals surface area (Å²) < 4.78 is 13.3. The Bertz CT molecular complexity index is 519. The molecule has 0 saturated carbocycles. The maximum atomic E-state index is 13.3. The van der Waals surface area contributed by atoms with Crippen molar-refractivity contribution >= 4 is 24.0 Å². The van der Waals surface area contributed by atoms with Gasteiger partial charge in [-0.15, -0.1) is 12.4 Å². The second-order valence-electron chi connectivity index (χ2n) is 4.58. The number of hydrogen-bond acceptors (Lipinski definition) is 4. The van der Waals surface area contributed by atoms with Crippen LogP contribution in [0, 0.1) is 15.9 Å². The Morgan fingerprint density at radius 1 is 1.35 bits per heavy atom. The minimum atomic E-state index is -0.786. The minimum Gasteiger partial charge on any atom is -0.339 e. The molecule has 0 aromatic heterocycles. The molecule has 0 unspecified atom stereocenters. The Morgan fingerprint density at radius 2 is 1.95 bits per heavy atom. The van der Waals surface area contributed by atoms with Crippen LogP contribution in [0.2, 0.25) is 0 Å². The third-order valence-electron chi connectivity index (χ3n) is 3.17. The number of nitrogens with two attached hydrogens (primary N) is 1. The lowest BCUT2D eigenvalue weighted by Gasteiger charge is -2.30. The van der Waals surface area contributed by atoms with E-state index < -0.39 is 22.3 Å². The third kappa shape index (κ3) is 3.64. The van der Waals surface area contributed by atoms with Crippen molar-refractivity contribution in [2.75, 3.05) is 13.1 Å². The van der Waals surface area contributed by atoms with E-state index in [9.17, 15) is 19.3 Å². The Balaban J connectivity index is 0.00000200. The number of carbonyl (C=O) groups excluding carboxylic acids is 1. The Hall–Kier alpha value is -1.73. The Kier molecular flexibility index (Phi) is 5.41. The van der Waals surface area contributed by atoms with E-state index in [4.69, 9.17) is 5.73 Å². The van der Waals surface area contributed by atoms with Gasteiger partial charge >= 0.3 is 0 Å². The number of halogens is 2. The molecule has 1 amide bonds. The summed E-state index contributed by atoms with van der Waals surface area (Å²) in [7, 11) is 0. The van der Waals surface area contributed by atoms with Crippen molar-refractivity contribution in [3.8, 4) is 0 Å². The summed E-state index contributed by atoms with van der Waals surface area (Å²) >= 11 is 0. The van der Waals surface area contributed by atoms with Gasteiger partial charge in [0.05, 0.1) is 11.0 Å². The van der Waals surface area contributed by atoms with Crippen LogP contribution in [0.5, 0.6) is 0 Å². The highest BCUT2D eigenvalue weighted by atomic mass is 35.5. The Labute approximate surface area is 121 Å². The van der Waals surface area contributed by atoms with Gasteiger partial charge in [0, 0.05) is 30.8 Å². The van der Waals surface area contributed by atoms with Gasteiger partial charge in [0.1, 0.15) is 5.82 Å². The first kappa shape index (κ1) is 16.3. The van der Waals surface area contributed by atoms with Gasteiger partial charge in [-0.2, -0.15) is 0 Å². The zero-order valence-corrected chi connectivity index (χ0v) is 11.4. The lowest BCUT2D eigenvalue weighted by atomic mass is 10.0. The molecular formula is C12H15ClFN3O3. The van der Waals surface area contributed by atoms with E-state index in [2.05, 4.69) is 0 Å². The number of carbonyl (C=O) groups is 1. The smallest absolute Gasteiger partial charge is 0.273 e. The molecule has 110 valence electrons. The maximum absolute atomic E-state index is 13.3. The van der Waals surface area contributed by atoms with Gasteiger partial charge in [0.2, 0.25) is 0 Å². The van der Waals surface area contributed by atoms with Gasteiger partial charge < -0.3 is 10.6 Å². The molecule has 1 aliphatic heterocycles. The normalized spacial score (nSPS) is 15.6. The summed E-state index contributed by atoms with van der Waals surface area (Å²) in [6.07, 6.45) is 1.37. The largest absolute Gasteiger partial charge is 0.339 e. The van der Waals surface area contributed by atoms with Gasteiger partial charge in [-0.3, -0.25) is 14.9 Å². The van der Waals surface area contributed by atoms with Crippen LogP contribution in [0.25, 0.3) is 0 Å². The summed E-state index contributed by atoms with van der Waals surface area (Å²) in [6, 6.07) is 2.98. The Morgan fingerprint density at radius 3 is 2.50 bits per heavy atom. The van der Waals surface area contributed by atoms with Crippen molar-refractivity contribution in [1.82, 2.24) is 4.90 Å². The average molecular weight is 304 g/mol. The second kappa shape index (κ2) is 6.62. The fraction of sp³-hybridized carbons (Fsp3) is 0.417. The van der Waals surface area contributed by atoms with Crippen LogP contribution in [-0.2, 0) is 0 Å². The van der Waals surface area contributed by atoms with Gasteiger partial charge in [0.25, 0.3) is 11.6 Å². The van der Waals surface area contributed by atoms with E-state index in [-0.39, 0.29) is 24.0 Å². The van der Waals surface area contributed by atoms with Gasteiger partial charge in [-0.1, -0.05) is 0 Å². The molecule has 0 atom stereocenters. The highest BCUT2D eigenvalue weighted by Crippen LogP contribution is 2.19. The second-order valence-corrected chi connectivity index (χ2v) is 4.58. The van der Waals surface area contributed by atoms with Gasteiger partial charge in [-0.25, -0.2) is 4.39 Å². The molecule has 1 aromatic rings. The lowest BCUT2D eigenvalue weighted by molar-refractivity contribution is -0.385. The molecule has 1 fully saturated rings. The topological polar surface area (TPSA) is 89.5 Å². The summed E-state index contributed by atoms with van der Waals surface area (Å²) in [6.45, 7) is 0.981. The number of amides is 1. The molecule has 2 rings (SSSR count). The SMILES string of the molecule is Cl.NC1CCN(C(=O)c2cc(F)cc([N+](=O)[O-])c2)CC1. The quantitative estimate of drug-likeness (QED) is 0.665. The zero-order valence-electron chi connectivity index (χ0n) is 10.6. The molecule has 0 bridgehead atoms. The van der Waals surface area contributed by atoms with E-state index in [1.807, 2.05) is 0 Å². The number of hydrogen-bond donors (Lipinski definition) is 1. The number of piperidine rings is 1. The lowest BCUT2D eigenvalue weighted by Crippen LogP contribution is -2.42. The highest BCUT2D eigenvalue weighted by molar-refractivity contribution is 5.95. The number of benzene rings is 1. The predicted molar refractivity (Wildman–Crippen MR) is 73.4 cm³/mol. The maximum Gasteiger partial charge on any atom is 0.273 e. The van der Waals surface area contributed by atoms with Crippen LogP contribution >= 0.6 is 12.4 Å². The number of rotatable bonds is 2. The molecule has 1 aromatic carbocycles. The summed E-state index contributed by atoms with van der Waals surface area (Å²) in [5.74, 6) is -1.18. The monoisotopic (exact) mass is 303 g/mol. The van der Waals surface area contributed by atoms with Crippen LogP contribution < -0.4 is 5.73 Å². The molecule has 0 radical (unpaired) electrons. The molecule has 2 N–H and O–H groups in total. The van der Waals surface area contributed by atoms with Crippen molar-refractivity contribution in [1.29, 1.82) is 0 Å². The van der Waals surface area contributed by atoms with E-state index in [0.717, 1.165) is 18.2 Å². The number of likely N-dealkylation sites (tertiary alicyclic amines) is 1. The average Bonchev–Trinajstić information content (AvgIpc) is 2.38. The highest BCUT2D eigenvalue weighted by Gasteiger charge is 2.23. The molecule has 8 heteroatoms. The van der Waals surface area contributed by atoms with Gasteiger partial charge in [-0.05, 0) is 18.9 Å². The molecule has 0 aliphatic carbocycles. The van der Waals surface area contributed by atoms with Crippen molar-refractivity contribution in [3.05, 3.63) is 39.7 Å². The zero-order chi connectivity index (χ0) is 14.0. The minimum absolute atomic E-state index is 0. The molecule has 1 aliphatic rings. The summed E-state index contributed by atoms with van der Waals surface area (Å²) in [4.78, 5) is 23.6. The number of nitro groups is 1. The third-order valence-corrected chi connectivity index (χ3v) is 3.17. The van der Waals surface area contributed by atoms with E-state index in [1.54, 1.807) is 4.90 Å². The van der Waals surface area contributed by atoms with E-state index in [0.29, 0.717) is 25.9 Å². The van der Waals surface area contributed by atoms with Crippen LogP contribution in [0.4, 0.5) is 10.1 Å². The van der Waals surface area contributed by atoms with Crippen molar-refractivity contribution in [3.63, 3.8) is 0 Å². The van der Waals surface area contributed by atoms with Crippen molar-refractivity contribution < 1.29 is 14.1 Å². The summed E-state index contributed by atoms with van der Waals surface area (Å²) in [5, 5.41) is 10.6. The first-order valence-corrected chi connectivity index (χ1v) is 5.97. The van der Waals surface area contributed by atoms with Crippen LogP contribution in [-0.4, -0.2) is 34.9 Å². The van der Waals surface area contributed by atoms with Crippen LogP contribution in [0.1, 0.15) is 23.2 Å². The van der Waals surface area contributed by atoms with Crippen molar-refractivity contribution in [2.45, 2.75) is 18.9 Å². The number of nitrogens with zero attached hydrogens (tertiary/aromatic N) is 2. The number of nitro benzene ring substituents is 1. The fourth-order valence-corrected chi connectivity index (χ4v) is 2.09. The molecule has 6 nitrogen and oxygen atoms in total. The molecule has 1 heterocycles. The van der Waals surface area contributed by atoms with E-state index in [1.165, 1.54) is 0 Å². The van der Waals surface area contributed by atoms with Crippen molar-refractivity contribution in [2.24, 2.45) is 5.73 Å². The molecule has 0 spiro atoms. The molecule has 20 heavy (non-hydrogen) atoms. The molecular weight excluding hydrogens is 289 g/mol. The van der Waals surface area contributed by atoms with Crippen LogP contribution in [0.15, 0.2) is 18.2 Å². The van der Waals surface area contributed by atoms with Crippen LogP contribution in [0.3, 0.4) is 0 Å².